The van der Waals surface area contributed by atoms with E-state index in [1.54, 1.807) is 14.2 Å². The Balaban J connectivity index is 2.13. The number of hydrogen-bond donors (Lipinski definition) is 1. The number of benzene rings is 1. The maximum Gasteiger partial charge on any atom is 0.160 e. The summed E-state index contributed by atoms with van der Waals surface area (Å²) in [6.45, 7) is 2.20. The number of hydrogen-bond acceptors (Lipinski definition) is 3. The fourth-order valence-electron chi connectivity index (χ4n) is 3.45. The highest BCUT2D eigenvalue weighted by Crippen LogP contribution is 2.45. The molecule has 0 bridgehead atoms. The Kier molecular flexibility index (Phi) is 4.92. The van der Waals surface area contributed by atoms with Gasteiger partial charge in [-0.05, 0) is 48.8 Å². The first-order chi connectivity index (χ1) is 9.65. The summed E-state index contributed by atoms with van der Waals surface area (Å²) in [5.41, 5.74) is 1.22. The summed E-state index contributed by atoms with van der Waals surface area (Å²) in [4.78, 5) is 0. The maximum absolute atomic E-state index is 10.7. The van der Waals surface area contributed by atoms with Crippen molar-refractivity contribution in [1.82, 2.24) is 0 Å². The molecule has 0 saturated heterocycles. The van der Waals surface area contributed by atoms with Crippen LogP contribution in [0.2, 0.25) is 0 Å². The fourth-order valence-corrected chi connectivity index (χ4v) is 3.45. The topological polar surface area (TPSA) is 38.7 Å². The number of ether oxygens (including phenoxy) is 2. The van der Waals surface area contributed by atoms with Crippen molar-refractivity contribution < 1.29 is 14.6 Å². The zero-order chi connectivity index (χ0) is 14.6. The zero-order valence-electron chi connectivity index (χ0n) is 12.8. The van der Waals surface area contributed by atoms with Gasteiger partial charge in [-0.2, -0.15) is 0 Å². The van der Waals surface area contributed by atoms with Crippen molar-refractivity contribution in [2.24, 2.45) is 5.41 Å². The van der Waals surface area contributed by atoms with Gasteiger partial charge in [-0.3, -0.25) is 0 Å². The van der Waals surface area contributed by atoms with E-state index in [1.807, 2.05) is 18.2 Å². The van der Waals surface area contributed by atoms with Gasteiger partial charge < -0.3 is 14.6 Å². The Hall–Kier alpha value is -1.22. The molecule has 1 aliphatic carbocycles. The molecular formula is C17H26O3. The quantitative estimate of drug-likeness (QED) is 0.864. The number of aliphatic hydroxyl groups excluding tert-OH is 1. The summed E-state index contributed by atoms with van der Waals surface area (Å²) in [6, 6.07) is 5.90. The van der Waals surface area contributed by atoms with Gasteiger partial charge in [0, 0.05) is 0 Å². The lowest BCUT2D eigenvalue weighted by molar-refractivity contribution is 0.0257. The normalized spacial score (nSPS) is 18.8. The van der Waals surface area contributed by atoms with Crippen molar-refractivity contribution >= 4 is 0 Å². The fraction of sp³-hybridized carbons (Fsp3) is 0.647. The van der Waals surface area contributed by atoms with Crippen LogP contribution in [0.3, 0.4) is 0 Å². The largest absolute Gasteiger partial charge is 0.493 e. The van der Waals surface area contributed by atoms with Crippen LogP contribution in [0, 0.1) is 5.41 Å². The molecule has 0 aromatic heterocycles. The summed E-state index contributed by atoms with van der Waals surface area (Å²) in [6.07, 6.45) is 6.27. The van der Waals surface area contributed by atoms with E-state index < -0.39 is 0 Å². The zero-order valence-corrected chi connectivity index (χ0v) is 12.8. The molecule has 1 saturated carbocycles. The van der Waals surface area contributed by atoms with Crippen molar-refractivity contribution in [3.8, 4) is 11.5 Å². The smallest absolute Gasteiger partial charge is 0.160 e. The van der Waals surface area contributed by atoms with E-state index in [-0.39, 0.29) is 11.5 Å². The van der Waals surface area contributed by atoms with Gasteiger partial charge in [-0.25, -0.2) is 0 Å². The van der Waals surface area contributed by atoms with Gasteiger partial charge in [0.15, 0.2) is 11.5 Å². The first-order valence-electron chi connectivity index (χ1n) is 7.54. The number of aliphatic hydroxyl groups is 1. The predicted molar refractivity (Wildman–Crippen MR) is 80.4 cm³/mol. The van der Waals surface area contributed by atoms with Gasteiger partial charge in [0.2, 0.25) is 0 Å². The third-order valence-corrected chi connectivity index (χ3v) is 4.89. The van der Waals surface area contributed by atoms with Crippen LogP contribution in [-0.2, 0) is 6.42 Å². The molecule has 0 spiro atoms. The van der Waals surface area contributed by atoms with Gasteiger partial charge in [-0.1, -0.05) is 25.8 Å². The summed E-state index contributed by atoms with van der Waals surface area (Å²) < 4.78 is 10.6. The number of rotatable bonds is 6. The van der Waals surface area contributed by atoms with E-state index in [0.29, 0.717) is 6.42 Å². The van der Waals surface area contributed by atoms with Gasteiger partial charge in [0.25, 0.3) is 0 Å². The van der Waals surface area contributed by atoms with Crippen LogP contribution in [0.15, 0.2) is 18.2 Å². The highest BCUT2D eigenvalue weighted by molar-refractivity contribution is 5.43. The molecule has 20 heavy (non-hydrogen) atoms. The average molecular weight is 278 g/mol. The first kappa shape index (κ1) is 15.2. The molecule has 1 aromatic rings. The van der Waals surface area contributed by atoms with Crippen LogP contribution in [0.25, 0.3) is 0 Å². The highest BCUT2D eigenvalue weighted by Gasteiger charge is 2.38. The molecule has 1 atom stereocenters. The summed E-state index contributed by atoms with van der Waals surface area (Å²) in [5.74, 6) is 1.46. The summed E-state index contributed by atoms with van der Waals surface area (Å²) in [7, 11) is 3.28. The van der Waals surface area contributed by atoms with Gasteiger partial charge >= 0.3 is 0 Å². The van der Waals surface area contributed by atoms with Crippen LogP contribution in [0.5, 0.6) is 11.5 Å². The Morgan fingerprint density at radius 2 is 1.80 bits per heavy atom. The number of methoxy groups -OCH3 is 2. The Labute approximate surface area is 121 Å². The van der Waals surface area contributed by atoms with Crippen molar-refractivity contribution in [2.45, 2.75) is 51.6 Å². The molecular weight excluding hydrogens is 252 g/mol. The van der Waals surface area contributed by atoms with Crippen LogP contribution < -0.4 is 9.47 Å². The van der Waals surface area contributed by atoms with Gasteiger partial charge in [0.05, 0.1) is 20.3 Å². The second-order valence-corrected chi connectivity index (χ2v) is 5.83. The maximum atomic E-state index is 10.7. The van der Waals surface area contributed by atoms with Gasteiger partial charge in [0.1, 0.15) is 0 Å². The Morgan fingerprint density at radius 1 is 1.15 bits per heavy atom. The minimum atomic E-state index is -0.270. The second kappa shape index (κ2) is 6.49. The van der Waals surface area contributed by atoms with Crippen LogP contribution in [0.1, 0.15) is 44.6 Å². The predicted octanol–water partition coefficient (Wildman–Crippen LogP) is 3.58. The van der Waals surface area contributed by atoms with Crippen molar-refractivity contribution in [3.63, 3.8) is 0 Å². The van der Waals surface area contributed by atoms with E-state index in [0.717, 1.165) is 36.3 Å². The molecule has 1 unspecified atom stereocenters. The summed E-state index contributed by atoms with van der Waals surface area (Å²) >= 11 is 0. The van der Waals surface area contributed by atoms with E-state index >= 15 is 0 Å². The van der Waals surface area contributed by atoms with Crippen LogP contribution in [0.4, 0.5) is 0 Å². The van der Waals surface area contributed by atoms with E-state index in [4.69, 9.17) is 9.47 Å². The molecule has 0 aliphatic heterocycles. The lowest BCUT2D eigenvalue weighted by Gasteiger charge is -2.33. The summed E-state index contributed by atoms with van der Waals surface area (Å²) in [5, 5.41) is 10.7. The molecule has 3 nitrogen and oxygen atoms in total. The Bertz CT molecular complexity index is 436. The van der Waals surface area contributed by atoms with E-state index in [1.165, 1.54) is 12.8 Å². The SMILES string of the molecule is CCC1(C(O)Cc2ccc(OC)c(OC)c2)CCCC1. The average Bonchev–Trinajstić information content (AvgIpc) is 2.97. The van der Waals surface area contributed by atoms with Crippen molar-refractivity contribution in [3.05, 3.63) is 23.8 Å². The molecule has 3 heteroatoms. The molecule has 1 N–H and O–H groups in total. The lowest BCUT2D eigenvalue weighted by Crippen LogP contribution is -2.33. The molecule has 0 heterocycles. The third-order valence-electron chi connectivity index (χ3n) is 4.89. The van der Waals surface area contributed by atoms with E-state index in [2.05, 4.69) is 6.92 Å². The molecule has 112 valence electrons. The second-order valence-electron chi connectivity index (χ2n) is 5.83. The van der Waals surface area contributed by atoms with E-state index in [9.17, 15) is 5.11 Å². The monoisotopic (exact) mass is 278 g/mol. The minimum Gasteiger partial charge on any atom is -0.493 e. The van der Waals surface area contributed by atoms with Crippen molar-refractivity contribution in [2.75, 3.05) is 14.2 Å². The van der Waals surface area contributed by atoms with Crippen LogP contribution >= 0.6 is 0 Å². The standard InChI is InChI=1S/C17H26O3/c1-4-17(9-5-6-10-17)16(18)12-13-7-8-14(19-2)15(11-13)20-3/h7-8,11,16,18H,4-6,9-10,12H2,1-3H3. The molecule has 0 radical (unpaired) electrons. The Morgan fingerprint density at radius 3 is 2.35 bits per heavy atom. The third kappa shape index (κ3) is 2.93. The minimum absolute atomic E-state index is 0.118. The molecule has 1 aliphatic rings. The molecule has 1 aromatic carbocycles. The highest BCUT2D eigenvalue weighted by atomic mass is 16.5. The molecule has 1 fully saturated rings. The van der Waals surface area contributed by atoms with Crippen LogP contribution in [-0.4, -0.2) is 25.4 Å². The molecule has 0 amide bonds. The van der Waals surface area contributed by atoms with Gasteiger partial charge in [-0.15, -0.1) is 0 Å². The first-order valence-corrected chi connectivity index (χ1v) is 7.54. The lowest BCUT2D eigenvalue weighted by atomic mass is 9.76. The van der Waals surface area contributed by atoms with Crippen molar-refractivity contribution in [1.29, 1.82) is 0 Å². The molecule has 2 rings (SSSR count).